The van der Waals surface area contributed by atoms with Crippen molar-refractivity contribution in [3.05, 3.63) is 0 Å². The van der Waals surface area contributed by atoms with E-state index in [4.69, 9.17) is 0 Å². The largest absolute Gasteiger partial charge is 2.00 e. The van der Waals surface area contributed by atoms with Crippen LogP contribution in [0.5, 0.6) is 0 Å². The van der Waals surface area contributed by atoms with Crippen molar-refractivity contribution in [1.29, 1.82) is 0 Å². The molecule has 0 aromatic carbocycles. The van der Waals surface area contributed by atoms with Crippen LogP contribution in [0.15, 0.2) is 0 Å². The van der Waals surface area contributed by atoms with E-state index in [0.717, 1.165) is 0 Å². The van der Waals surface area contributed by atoms with E-state index < -0.39 is 12.2 Å². The van der Waals surface area contributed by atoms with E-state index in [0.29, 0.717) is 13.2 Å². The summed E-state index contributed by atoms with van der Waals surface area (Å²) in [5.74, 6) is 0. The molecule has 0 N–H and O–H groups in total. The fourth-order valence-electron chi connectivity index (χ4n) is 0.469. The van der Waals surface area contributed by atoms with Crippen LogP contribution in [0, 0.1) is 0 Å². The van der Waals surface area contributed by atoms with Gasteiger partial charge in [0.2, 0.25) is 0 Å². The van der Waals surface area contributed by atoms with Gasteiger partial charge in [-0.05, 0) is 0 Å². The van der Waals surface area contributed by atoms with Gasteiger partial charge in [-0.2, -0.15) is 0 Å². The molecular formula is C8H18CaO4. The SMILES string of the molecule is COCC(C)[O-].COCC(C)[O-].[Ca+2]. The smallest absolute Gasteiger partial charge is 0.851 e. The van der Waals surface area contributed by atoms with Gasteiger partial charge in [0.25, 0.3) is 0 Å². The fraction of sp³-hybridized carbons (Fsp3) is 1.00. The summed E-state index contributed by atoms with van der Waals surface area (Å²) in [4.78, 5) is 0. The molecule has 13 heavy (non-hydrogen) atoms. The summed E-state index contributed by atoms with van der Waals surface area (Å²) in [6.45, 7) is 3.78. The van der Waals surface area contributed by atoms with Crippen molar-refractivity contribution >= 4 is 37.7 Å². The van der Waals surface area contributed by atoms with Crippen LogP contribution >= 0.6 is 0 Å². The molecule has 0 radical (unpaired) electrons. The quantitative estimate of drug-likeness (QED) is 0.532. The standard InChI is InChI=1S/2C4H9O2.Ca/c2*1-4(5)3-6-2;/h2*4H,3H2,1-2H3;/q2*-1;+2. The molecule has 5 heteroatoms. The van der Waals surface area contributed by atoms with Crippen LogP contribution in [0.1, 0.15) is 13.8 Å². The van der Waals surface area contributed by atoms with Crippen molar-refractivity contribution in [2.75, 3.05) is 27.4 Å². The van der Waals surface area contributed by atoms with Crippen LogP contribution in [0.4, 0.5) is 0 Å². The van der Waals surface area contributed by atoms with Crippen molar-refractivity contribution < 1.29 is 19.7 Å². The summed E-state index contributed by atoms with van der Waals surface area (Å²) in [6, 6.07) is 0. The molecular weight excluding hydrogens is 200 g/mol. The predicted octanol–water partition coefficient (Wildman–Crippen LogP) is -1.62. The minimum absolute atomic E-state index is 0. The number of hydrogen-bond donors (Lipinski definition) is 0. The molecule has 0 aliphatic carbocycles. The van der Waals surface area contributed by atoms with E-state index >= 15 is 0 Å². The Hall–Kier alpha value is 1.10. The first-order chi connectivity index (χ1) is 5.54. The Morgan fingerprint density at radius 1 is 0.923 bits per heavy atom. The van der Waals surface area contributed by atoms with Crippen LogP contribution in [-0.4, -0.2) is 77.4 Å². The molecule has 0 saturated carbocycles. The molecule has 2 atom stereocenters. The minimum Gasteiger partial charge on any atom is -0.851 e. The molecule has 0 amide bonds. The molecule has 0 aromatic rings. The molecule has 0 aliphatic rings. The van der Waals surface area contributed by atoms with Gasteiger partial charge in [-0.25, -0.2) is 0 Å². The number of methoxy groups -OCH3 is 2. The summed E-state index contributed by atoms with van der Waals surface area (Å²) in [6.07, 6.45) is -1.15. The third kappa shape index (κ3) is 32.0. The molecule has 0 heterocycles. The molecule has 0 fully saturated rings. The first-order valence-corrected chi connectivity index (χ1v) is 3.84. The Balaban J connectivity index is -0.000000143. The maximum Gasteiger partial charge on any atom is 2.00 e. The van der Waals surface area contributed by atoms with Gasteiger partial charge in [0.05, 0.1) is 0 Å². The summed E-state index contributed by atoms with van der Waals surface area (Å²) in [5.41, 5.74) is 0. The second-order valence-electron chi connectivity index (χ2n) is 2.53. The molecule has 2 unspecified atom stereocenters. The van der Waals surface area contributed by atoms with Crippen LogP contribution in [0.25, 0.3) is 0 Å². The molecule has 0 bridgehead atoms. The van der Waals surface area contributed by atoms with Gasteiger partial charge in [0, 0.05) is 27.4 Å². The second-order valence-corrected chi connectivity index (χ2v) is 2.53. The van der Waals surface area contributed by atoms with Gasteiger partial charge in [0.15, 0.2) is 0 Å². The van der Waals surface area contributed by atoms with E-state index in [1.165, 1.54) is 14.2 Å². The van der Waals surface area contributed by atoms with Crippen molar-refractivity contribution in [1.82, 2.24) is 0 Å². The molecule has 0 rings (SSSR count). The van der Waals surface area contributed by atoms with E-state index in [2.05, 4.69) is 9.47 Å². The summed E-state index contributed by atoms with van der Waals surface area (Å²) < 4.78 is 8.98. The van der Waals surface area contributed by atoms with Crippen molar-refractivity contribution in [3.8, 4) is 0 Å². The van der Waals surface area contributed by atoms with E-state index in [1.807, 2.05) is 0 Å². The van der Waals surface area contributed by atoms with Gasteiger partial charge in [0.1, 0.15) is 0 Å². The molecule has 0 spiro atoms. The Morgan fingerprint density at radius 2 is 1.15 bits per heavy atom. The van der Waals surface area contributed by atoms with E-state index in [1.54, 1.807) is 13.8 Å². The maximum atomic E-state index is 10.0. The summed E-state index contributed by atoms with van der Waals surface area (Å²) in [5, 5.41) is 20.0. The predicted molar refractivity (Wildman–Crippen MR) is 48.4 cm³/mol. The zero-order valence-electron chi connectivity index (χ0n) is 8.91. The van der Waals surface area contributed by atoms with Crippen molar-refractivity contribution in [2.24, 2.45) is 0 Å². The third-order valence-electron chi connectivity index (χ3n) is 0.803. The molecule has 0 saturated heterocycles. The Bertz CT molecular complexity index is 68.5. The summed E-state index contributed by atoms with van der Waals surface area (Å²) in [7, 11) is 3.04. The second kappa shape index (κ2) is 15.6. The van der Waals surface area contributed by atoms with Crippen molar-refractivity contribution in [3.63, 3.8) is 0 Å². The molecule has 4 nitrogen and oxygen atoms in total. The Labute approximate surface area is 110 Å². The van der Waals surface area contributed by atoms with Gasteiger partial charge < -0.3 is 19.7 Å². The zero-order valence-corrected chi connectivity index (χ0v) is 11.1. The topological polar surface area (TPSA) is 64.6 Å². The molecule has 0 aromatic heterocycles. The average molecular weight is 218 g/mol. The van der Waals surface area contributed by atoms with Crippen LogP contribution in [-0.2, 0) is 9.47 Å². The van der Waals surface area contributed by atoms with Crippen LogP contribution in [0.3, 0.4) is 0 Å². The number of ether oxygens (including phenoxy) is 2. The van der Waals surface area contributed by atoms with Gasteiger partial charge in [-0.3, -0.25) is 0 Å². The number of rotatable bonds is 4. The fourth-order valence-corrected chi connectivity index (χ4v) is 0.469. The first-order valence-electron chi connectivity index (χ1n) is 3.84. The average Bonchev–Trinajstić information content (AvgIpc) is 1.87. The van der Waals surface area contributed by atoms with E-state index in [-0.39, 0.29) is 37.7 Å². The van der Waals surface area contributed by atoms with Crippen LogP contribution in [0.2, 0.25) is 0 Å². The first kappa shape index (κ1) is 19.6. The molecule has 76 valence electrons. The number of hydrogen-bond acceptors (Lipinski definition) is 4. The third-order valence-corrected chi connectivity index (χ3v) is 0.803. The normalized spacial score (nSPS) is 13.4. The zero-order chi connectivity index (χ0) is 9.98. The van der Waals surface area contributed by atoms with Gasteiger partial charge in [-0.1, -0.05) is 13.8 Å². The maximum absolute atomic E-state index is 10.0. The van der Waals surface area contributed by atoms with E-state index in [9.17, 15) is 10.2 Å². The van der Waals surface area contributed by atoms with Crippen molar-refractivity contribution in [2.45, 2.75) is 26.1 Å². The monoisotopic (exact) mass is 218 g/mol. The van der Waals surface area contributed by atoms with Gasteiger partial charge >= 0.3 is 37.7 Å². The molecule has 0 aliphatic heterocycles. The minimum atomic E-state index is -0.574. The van der Waals surface area contributed by atoms with Gasteiger partial charge in [-0.15, -0.1) is 12.2 Å². The Morgan fingerprint density at radius 3 is 1.15 bits per heavy atom. The summed E-state index contributed by atoms with van der Waals surface area (Å²) >= 11 is 0. The van der Waals surface area contributed by atoms with Crippen LogP contribution < -0.4 is 10.2 Å². The Kier molecular flexibility index (Phi) is 23.5.